The van der Waals surface area contributed by atoms with Crippen LogP contribution in [0.1, 0.15) is 48.9 Å². The van der Waals surface area contributed by atoms with Crippen LogP contribution in [0.5, 0.6) is 5.75 Å². The monoisotopic (exact) mass is 465 g/mol. The summed E-state index contributed by atoms with van der Waals surface area (Å²) in [5.41, 5.74) is 0.128. The molecule has 0 radical (unpaired) electrons. The van der Waals surface area contributed by atoms with Crippen molar-refractivity contribution >= 4 is 28.5 Å². The van der Waals surface area contributed by atoms with Crippen molar-refractivity contribution in [3.8, 4) is 5.75 Å². The van der Waals surface area contributed by atoms with Crippen LogP contribution in [0.15, 0.2) is 18.2 Å². The molecule has 0 aliphatic heterocycles. The van der Waals surface area contributed by atoms with Gasteiger partial charge in [0.15, 0.2) is 0 Å². The molecule has 2 unspecified atom stereocenters. The van der Waals surface area contributed by atoms with Crippen LogP contribution in [0.25, 0.3) is 0 Å². The van der Waals surface area contributed by atoms with Crippen molar-refractivity contribution in [3.63, 3.8) is 0 Å². The number of amides is 1. The predicted octanol–water partition coefficient (Wildman–Crippen LogP) is 3.95. The Labute approximate surface area is 159 Å². The number of nitrogens with one attached hydrogen (secondary N) is 1. The summed E-state index contributed by atoms with van der Waals surface area (Å²) < 4.78 is 30.5. The molecular weight excluding hydrogens is 443 g/mol. The fourth-order valence-electron chi connectivity index (χ4n) is 4.19. The van der Waals surface area contributed by atoms with Crippen molar-refractivity contribution in [1.82, 2.24) is 5.32 Å². The third-order valence-corrected chi connectivity index (χ3v) is 5.98. The first-order valence-electron chi connectivity index (χ1n) is 8.67. The second kappa shape index (κ2) is 8.16. The van der Waals surface area contributed by atoms with Crippen LogP contribution in [0.2, 0.25) is 0 Å². The Balaban J connectivity index is 1.77. The summed E-state index contributed by atoms with van der Waals surface area (Å²) in [5.74, 6) is 0.152. The van der Waals surface area contributed by atoms with Gasteiger partial charge in [-0.2, -0.15) is 8.78 Å². The summed E-state index contributed by atoms with van der Waals surface area (Å²) in [7, 11) is 0. The van der Waals surface area contributed by atoms with Gasteiger partial charge in [0.1, 0.15) is 5.75 Å². The molecule has 138 valence electrons. The molecular formula is C18H22F2INO3. The van der Waals surface area contributed by atoms with Gasteiger partial charge in [0.05, 0.1) is 11.7 Å². The number of hydrogen-bond acceptors (Lipinski definition) is 3. The summed E-state index contributed by atoms with van der Waals surface area (Å²) in [6, 6.07) is 4.65. The molecule has 1 aromatic rings. The van der Waals surface area contributed by atoms with Crippen LogP contribution in [-0.4, -0.2) is 29.8 Å². The van der Waals surface area contributed by atoms with Gasteiger partial charge in [0.25, 0.3) is 5.91 Å². The van der Waals surface area contributed by atoms with Crippen LogP contribution >= 0.6 is 22.6 Å². The Morgan fingerprint density at radius 2 is 2.00 bits per heavy atom. The van der Waals surface area contributed by atoms with Crippen LogP contribution in [0.3, 0.4) is 0 Å². The molecule has 7 heteroatoms. The molecule has 2 bridgehead atoms. The Morgan fingerprint density at radius 3 is 2.76 bits per heavy atom. The standard InChI is InChI=1S/C18H22F2INO3/c19-18(20)25-15-9-12(21)6-7-14(15)17(24)22-16-10-2-1-3-13(23)8-11(16)5-4-10/h6-7,9-11,13,16,18,23H,1-5,8H2,(H,22,24)/t10?,11?,13-,16+/m1/s1. The predicted molar refractivity (Wildman–Crippen MR) is 97.7 cm³/mol. The Bertz CT molecular complexity index is 628. The van der Waals surface area contributed by atoms with E-state index in [1.54, 1.807) is 6.07 Å². The van der Waals surface area contributed by atoms with E-state index in [9.17, 15) is 18.7 Å². The molecule has 2 saturated carbocycles. The molecule has 4 atom stereocenters. The minimum Gasteiger partial charge on any atom is -0.434 e. The van der Waals surface area contributed by atoms with Crippen LogP contribution in [-0.2, 0) is 0 Å². The number of ether oxygens (including phenoxy) is 1. The summed E-state index contributed by atoms with van der Waals surface area (Å²) in [5, 5.41) is 13.1. The zero-order chi connectivity index (χ0) is 18.0. The average Bonchev–Trinajstić information content (AvgIpc) is 2.91. The highest BCUT2D eigenvalue weighted by atomic mass is 127. The Kier molecular flexibility index (Phi) is 6.14. The quantitative estimate of drug-likeness (QED) is 0.663. The lowest BCUT2D eigenvalue weighted by Gasteiger charge is -2.30. The molecule has 3 rings (SSSR count). The minimum absolute atomic E-state index is 0.0128. The van der Waals surface area contributed by atoms with E-state index < -0.39 is 6.61 Å². The van der Waals surface area contributed by atoms with Crippen molar-refractivity contribution in [2.75, 3.05) is 0 Å². The number of aliphatic hydroxyl groups excluding tert-OH is 1. The normalized spacial score (nSPS) is 29.2. The number of benzene rings is 1. The maximum Gasteiger partial charge on any atom is 0.387 e. The van der Waals surface area contributed by atoms with E-state index in [0.717, 1.165) is 35.7 Å². The molecule has 2 N–H and O–H groups in total. The van der Waals surface area contributed by atoms with E-state index in [-0.39, 0.29) is 35.3 Å². The molecule has 1 amide bonds. The number of carbonyl (C=O) groups is 1. The number of fused-ring (bicyclic) bond motifs is 2. The number of hydrogen-bond donors (Lipinski definition) is 2. The summed E-state index contributed by atoms with van der Waals surface area (Å²) in [6.45, 7) is -2.97. The fraction of sp³-hybridized carbons (Fsp3) is 0.611. The molecule has 4 nitrogen and oxygen atoms in total. The highest BCUT2D eigenvalue weighted by molar-refractivity contribution is 14.1. The minimum atomic E-state index is -2.97. The summed E-state index contributed by atoms with van der Waals surface area (Å²) in [6.07, 6.45) is 5.14. The first kappa shape index (κ1) is 18.8. The van der Waals surface area contributed by atoms with Gasteiger partial charge in [0, 0.05) is 9.61 Å². The van der Waals surface area contributed by atoms with Crippen LogP contribution in [0, 0.1) is 15.4 Å². The number of carbonyl (C=O) groups excluding carboxylic acids is 1. The molecule has 1 aromatic carbocycles. The van der Waals surface area contributed by atoms with E-state index in [1.807, 2.05) is 22.6 Å². The number of alkyl halides is 2. The number of aliphatic hydroxyl groups is 1. The highest BCUT2D eigenvalue weighted by Crippen LogP contribution is 2.40. The van der Waals surface area contributed by atoms with E-state index in [0.29, 0.717) is 12.3 Å². The van der Waals surface area contributed by atoms with Gasteiger partial charge in [-0.1, -0.05) is 6.42 Å². The smallest absolute Gasteiger partial charge is 0.387 e. The summed E-state index contributed by atoms with van der Waals surface area (Å²) in [4.78, 5) is 12.7. The Hall–Kier alpha value is -0.960. The van der Waals surface area contributed by atoms with Gasteiger partial charge < -0.3 is 15.2 Å². The van der Waals surface area contributed by atoms with E-state index in [1.165, 1.54) is 12.1 Å². The zero-order valence-corrected chi connectivity index (χ0v) is 15.9. The second-order valence-electron chi connectivity index (χ2n) is 6.94. The first-order valence-corrected chi connectivity index (χ1v) is 9.75. The van der Waals surface area contributed by atoms with Crippen LogP contribution in [0.4, 0.5) is 8.78 Å². The second-order valence-corrected chi connectivity index (χ2v) is 8.18. The van der Waals surface area contributed by atoms with E-state index in [4.69, 9.17) is 0 Å². The van der Waals surface area contributed by atoms with Gasteiger partial charge in [-0.25, -0.2) is 0 Å². The van der Waals surface area contributed by atoms with Crippen molar-refractivity contribution < 1.29 is 23.4 Å². The van der Waals surface area contributed by atoms with Crippen molar-refractivity contribution in [3.05, 3.63) is 27.3 Å². The van der Waals surface area contributed by atoms with Crippen LogP contribution < -0.4 is 10.1 Å². The molecule has 2 aliphatic carbocycles. The van der Waals surface area contributed by atoms with Gasteiger partial charge in [-0.3, -0.25) is 4.79 Å². The lowest BCUT2D eigenvalue weighted by molar-refractivity contribution is -0.0502. The van der Waals surface area contributed by atoms with Crippen molar-refractivity contribution in [2.45, 2.75) is 57.3 Å². The molecule has 0 spiro atoms. The topological polar surface area (TPSA) is 58.6 Å². The SMILES string of the molecule is O=C(N[C@H]1C2CCC[C@@H](O)CC1CC2)c1ccc(I)cc1OC(F)F. The zero-order valence-electron chi connectivity index (χ0n) is 13.8. The van der Waals surface area contributed by atoms with Gasteiger partial charge in [0.2, 0.25) is 0 Å². The fourth-order valence-corrected chi connectivity index (χ4v) is 4.65. The maximum absolute atomic E-state index is 12.7. The lowest BCUT2D eigenvalue weighted by atomic mass is 9.85. The summed E-state index contributed by atoms with van der Waals surface area (Å²) >= 11 is 1.99. The van der Waals surface area contributed by atoms with Crippen molar-refractivity contribution in [2.24, 2.45) is 11.8 Å². The largest absolute Gasteiger partial charge is 0.434 e. The van der Waals surface area contributed by atoms with Gasteiger partial charge in [-0.15, -0.1) is 0 Å². The number of rotatable bonds is 4. The molecule has 0 aromatic heterocycles. The average molecular weight is 465 g/mol. The third kappa shape index (κ3) is 4.61. The van der Waals surface area contributed by atoms with Gasteiger partial charge in [-0.05, 0) is 84.7 Å². The first-order chi connectivity index (χ1) is 11.9. The van der Waals surface area contributed by atoms with E-state index >= 15 is 0 Å². The third-order valence-electron chi connectivity index (χ3n) is 5.31. The van der Waals surface area contributed by atoms with Gasteiger partial charge >= 0.3 is 6.61 Å². The molecule has 0 heterocycles. The maximum atomic E-state index is 12.7. The number of halogens is 3. The van der Waals surface area contributed by atoms with Crippen molar-refractivity contribution in [1.29, 1.82) is 0 Å². The Morgan fingerprint density at radius 1 is 1.24 bits per heavy atom. The molecule has 0 saturated heterocycles. The lowest BCUT2D eigenvalue weighted by Crippen LogP contribution is -2.43. The highest BCUT2D eigenvalue weighted by Gasteiger charge is 2.39. The molecule has 2 fully saturated rings. The van der Waals surface area contributed by atoms with E-state index in [2.05, 4.69) is 10.1 Å². The molecule has 2 aliphatic rings. The molecule has 25 heavy (non-hydrogen) atoms.